The Labute approximate surface area is 478 Å². The van der Waals surface area contributed by atoms with Gasteiger partial charge in [-0.3, -0.25) is 33.9 Å². The Hall–Kier alpha value is -4.18. The number of fused-ring (bicyclic) bond motifs is 3. The predicted octanol–water partition coefficient (Wildman–Crippen LogP) is 5.10. The second-order valence-corrected chi connectivity index (χ2v) is 23.5. The van der Waals surface area contributed by atoms with Gasteiger partial charge >= 0.3 is 18.0 Å². The fraction of sp³-hybridized carbons (Fsp3) is 0.679. The summed E-state index contributed by atoms with van der Waals surface area (Å²) in [5, 5.41) is 15.0. The summed E-state index contributed by atoms with van der Waals surface area (Å²) in [7, 11) is 6.63. The van der Waals surface area contributed by atoms with Crippen molar-refractivity contribution in [1.82, 2.24) is 24.6 Å². The molecule has 2 aromatic rings. The highest BCUT2D eigenvalue weighted by atomic mass is 127. The van der Waals surface area contributed by atoms with E-state index in [4.69, 9.17) is 65.8 Å². The minimum Gasteiger partial charge on any atom is -0.493 e. The standard InChI is InChI=1S/C53H73Cl2IN6O16/c1-28-20-36(60(9)39(63)25-59(7)8)43(66)49(74-28)76-46-30(3)44(75-40(64)26-61-15-18-71-19-16-61)31(4)48(68)77-50(56)53(6)45(29(2)42(65)33-22-52(46,5)73-27-33)62(51(69)78-53)14-11-17-72-38-21-32(12-13-37(38)70-10)47(67)58-41-34(54)23-57-24-35(41)55/h12-13,21,23-24,28-31,33,36,43-46,49-50,66H,11,14-20,22,25-27H2,1-10H3,(H,57,58,67)/t28-,29+,30+,31-,33+,36+,43-,44+,45-,46-,49+,50+,52-,53+/m1/s1. The van der Waals surface area contributed by atoms with Crippen LogP contribution in [-0.2, 0) is 52.3 Å². The van der Waals surface area contributed by atoms with E-state index in [0.29, 0.717) is 38.5 Å². The average Bonchev–Trinajstić information content (AvgIpc) is 4.03. The molecule has 1 aromatic heterocycles. The Balaban J connectivity index is 1.17. The third kappa shape index (κ3) is 13.8. The van der Waals surface area contributed by atoms with Crippen LogP contribution in [0, 0.1) is 23.7 Å². The Morgan fingerprint density at radius 2 is 1.69 bits per heavy atom. The van der Waals surface area contributed by atoms with Crippen molar-refractivity contribution in [3.05, 3.63) is 46.2 Å². The molecular weight excluding hydrogens is 1170 g/mol. The highest BCUT2D eigenvalue weighted by Crippen LogP contribution is 2.47. The second-order valence-electron chi connectivity index (χ2n) is 21.6. The molecule has 78 heavy (non-hydrogen) atoms. The molecule has 1 aromatic carbocycles. The van der Waals surface area contributed by atoms with Crippen LogP contribution < -0.4 is 14.8 Å². The van der Waals surface area contributed by atoms with E-state index in [-0.39, 0.29) is 84.4 Å². The Bertz CT molecular complexity index is 2490. The number of anilines is 1. The summed E-state index contributed by atoms with van der Waals surface area (Å²) >= 11 is 14.4. The first-order valence-corrected chi connectivity index (χ1v) is 28.2. The lowest BCUT2D eigenvalue weighted by Gasteiger charge is -2.47. The lowest BCUT2D eigenvalue weighted by atomic mass is 9.75. The first-order chi connectivity index (χ1) is 36.9. The molecule has 25 heteroatoms. The number of nitrogens with one attached hydrogen (secondary N) is 1. The van der Waals surface area contributed by atoms with Gasteiger partial charge in [-0.1, -0.05) is 37.0 Å². The van der Waals surface area contributed by atoms with Crippen molar-refractivity contribution in [2.75, 3.05) is 92.7 Å². The molecule has 2 N–H and O–H groups in total. The van der Waals surface area contributed by atoms with Gasteiger partial charge in [-0.2, -0.15) is 0 Å². The third-order valence-corrected chi connectivity index (χ3v) is 17.5. The number of nitrogens with zero attached hydrogens (tertiary/aromatic N) is 5. The molecule has 5 saturated heterocycles. The van der Waals surface area contributed by atoms with Crippen LogP contribution in [0.2, 0.25) is 10.0 Å². The minimum atomic E-state index is -1.59. The Kier molecular flexibility index (Phi) is 20.6. The molecule has 5 aliphatic heterocycles. The van der Waals surface area contributed by atoms with Gasteiger partial charge in [0.15, 0.2) is 27.5 Å². The summed E-state index contributed by atoms with van der Waals surface area (Å²) in [6, 6.07) is 2.90. The Morgan fingerprint density at radius 3 is 2.36 bits per heavy atom. The van der Waals surface area contributed by atoms with Crippen molar-refractivity contribution in [2.24, 2.45) is 23.7 Å². The maximum Gasteiger partial charge on any atom is 0.410 e. The molecule has 0 unspecified atom stereocenters. The van der Waals surface area contributed by atoms with E-state index in [1.807, 2.05) is 34.4 Å². The van der Waals surface area contributed by atoms with Gasteiger partial charge in [0.25, 0.3) is 5.91 Å². The highest BCUT2D eigenvalue weighted by molar-refractivity contribution is 14.1. The molecule has 7 rings (SSSR count). The van der Waals surface area contributed by atoms with Crippen LogP contribution in [0.15, 0.2) is 30.6 Å². The number of hydrogen-bond donors (Lipinski definition) is 2. The number of likely N-dealkylation sites (N-methyl/N-ethyl adjacent to an activating group) is 2. The molecule has 0 saturated carbocycles. The summed E-state index contributed by atoms with van der Waals surface area (Å²) in [5.74, 6) is -5.59. The van der Waals surface area contributed by atoms with Crippen molar-refractivity contribution < 1.29 is 76.5 Å². The first kappa shape index (κ1) is 61.4. The number of alkyl halides is 1. The number of pyridine rings is 1. The van der Waals surface area contributed by atoms with E-state index in [9.17, 15) is 29.1 Å². The number of halogens is 3. The maximum absolute atomic E-state index is 15.1. The van der Waals surface area contributed by atoms with Crippen molar-refractivity contribution in [3.63, 3.8) is 0 Å². The number of ether oxygens (including phenoxy) is 9. The number of rotatable bonds is 16. The lowest BCUT2D eigenvalue weighted by molar-refractivity contribution is -0.298. The summed E-state index contributed by atoms with van der Waals surface area (Å²) in [6.45, 7) is 12.1. The van der Waals surface area contributed by atoms with E-state index < -0.39 is 106 Å². The number of aliphatic hydroxyl groups excluding tert-OH is 1. The summed E-state index contributed by atoms with van der Waals surface area (Å²) in [4.78, 5) is 95.2. The number of methoxy groups -OCH3 is 1. The molecule has 3 amide bonds. The van der Waals surface area contributed by atoms with E-state index in [1.54, 1.807) is 72.8 Å². The predicted molar refractivity (Wildman–Crippen MR) is 292 cm³/mol. The van der Waals surface area contributed by atoms with Crippen molar-refractivity contribution in [1.29, 1.82) is 0 Å². The van der Waals surface area contributed by atoms with Gasteiger partial charge in [0.05, 0.1) is 98.2 Å². The number of cyclic esters (lactones) is 1. The van der Waals surface area contributed by atoms with E-state index in [1.165, 1.54) is 35.4 Å². The smallest absolute Gasteiger partial charge is 0.410 e. The number of aliphatic hydroxyl groups is 1. The zero-order chi connectivity index (χ0) is 57.0. The quantitative estimate of drug-likeness (QED) is 0.0730. The lowest BCUT2D eigenvalue weighted by Crippen LogP contribution is -2.61. The van der Waals surface area contributed by atoms with Crippen LogP contribution in [0.5, 0.6) is 11.5 Å². The van der Waals surface area contributed by atoms with E-state index >= 15 is 4.79 Å². The SMILES string of the molecule is COc1ccc(C(=O)Nc2c(Cl)cncc2Cl)cc1OCCCN1C(=O)O[C@]2(C)[C@@H](I)OC(=O)[C@H](C)[C@@H](OC(=O)CN3CCOCC3)[C@H](C)[C@@H](O[C@@H]3O[C@H](C)C[C@H](N(C)C(=O)CN(C)C)[C@H]3O)[C@@]3(C)C[C@@H](CO3)C(=O)[C@H](C)[C@@H]12. The van der Waals surface area contributed by atoms with Gasteiger partial charge in [-0.15, -0.1) is 0 Å². The second kappa shape index (κ2) is 26.2. The normalized spacial score (nSPS) is 32.9. The number of carbonyl (C=O) groups is 6. The molecular formula is C53H73Cl2IN6O16. The zero-order valence-corrected chi connectivity index (χ0v) is 49.4. The monoisotopic (exact) mass is 1250 g/mol. The molecule has 432 valence electrons. The molecule has 22 nitrogen and oxygen atoms in total. The number of morpholine rings is 1. The molecule has 14 atom stereocenters. The molecule has 5 aliphatic rings. The summed E-state index contributed by atoms with van der Waals surface area (Å²) < 4.78 is 54.7. The number of carbonyl (C=O) groups excluding carboxylic acids is 6. The minimum absolute atomic E-state index is 0.0147. The first-order valence-electron chi connectivity index (χ1n) is 26.2. The number of hydrogen-bond acceptors (Lipinski definition) is 19. The van der Waals surface area contributed by atoms with Gasteiger partial charge in [0, 0.05) is 62.4 Å². The van der Waals surface area contributed by atoms with E-state index in [2.05, 4.69) is 10.3 Å². The van der Waals surface area contributed by atoms with Crippen LogP contribution >= 0.6 is 45.8 Å². The van der Waals surface area contributed by atoms with Crippen LogP contribution in [0.4, 0.5) is 10.5 Å². The van der Waals surface area contributed by atoms with E-state index in [0.717, 1.165) is 0 Å². The van der Waals surface area contributed by atoms with Crippen LogP contribution in [-0.4, -0.2) is 211 Å². The summed E-state index contributed by atoms with van der Waals surface area (Å²) in [6.07, 6.45) is -2.97. The van der Waals surface area contributed by atoms with Crippen molar-refractivity contribution in [2.45, 2.75) is 119 Å². The zero-order valence-electron chi connectivity index (χ0n) is 45.7. The molecule has 6 heterocycles. The highest BCUT2D eigenvalue weighted by Gasteiger charge is 2.62. The molecule has 0 spiro atoms. The number of benzene rings is 1. The average molecular weight is 1250 g/mol. The van der Waals surface area contributed by atoms with Crippen LogP contribution in [0.1, 0.15) is 71.2 Å². The molecule has 0 aliphatic carbocycles. The maximum atomic E-state index is 15.1. The number of ketones is 1. The third-order valence-electron chi connectivity index (χ3n) is 15.5. The number of Topliss-reactive ketones (excluding diaryl/α,β-unsaturated/α-hetero) is 1. The topological polar surface area (TPSA) is 244 Å². The fourth-order valence-electron chi connectivity index (χ4n) is 11.3. The molecule has 2 bridgehead atoms. The largest absolute Gasteiger partial charge is 0.493 e. The van der Waals surface area contributed by atoms with Gasteiger partial charge in [-0.05, 0) is 102 Å². The van der Waals surface area contributed by atoms with Crippen molar-refractivity contribution in [3.8, 4) is 11.5 Å². The van der Waals surface area contributed by atoms with Gasteiger partial charge < -0.3 is 67.8 Å². The Morgan fingerprint density at radius 1 is 1.00 bits per heavy atom. The molecule has 5 fully saturated rings. The van der Waals surface area contributed by atoms with Gasteiger partial charge in [-0.25, -0.2) is 4.79 Å². The van der Waals surface area contributed by atoms with Crippen LogP contribution in [0.25, 0.3) is 0 Å². The van der Waals surface area contributed by atoms with Gasteiger partial charge in [0.2, 0.25) is 5.91 Å². The number of amides is 3. The molecule has 0 radical (unpaired) electrons. The number of aromatic nitrogens is 1. The van der Waals surface area contributed by atoms with Crippen LogP contribution in [0.3, 0.4) is 0 Å². The fourth-order valence-corrected chi connectivity index (χ4v) is 12.5. The van der Waals surface area contributed by atoms with Crippen molar-refractivity contribution >= 4 is 87.1 Å². The summed E-state index contributed by atoms with van der Waals surface area (Å²) in [5.41, 5.74) is -2.54. The van der Waals surface area contributed by atoms with Gasteiger partial charge in [0.1, 0.15) is 18.0 Å². The number of esters is 2.